The van der Waals surface area contributed by atoms with Gasteiger partial charge in [-0.2, -0.15) is 0 Å². The van der Waals surface area contributed by atoms with Gasteiger partial charge in [-0.1, -0.05) is 18.2 Å². The molecule has 0 saturated heterocycles. The van der Waals surface area contributed by atoms with Gasteiger partial charge in [0.25, 0.3) is 0 Å². The molecule has 2 heteroatoms. The number of hydrogen-bond acceptors (Lipinski definition) is 0. The third-order valence-corrected chi connectivity index (χ3v) is 1.85. The number of benzene rings is 1. The monoisotopic (exact) mass is 152 g/mol. The van der Waals surface area contributed by atoms with E-state index in [-0.39, 0.29) is 0 Å². The lowest BCUT2D eigenvalue weighted by Crippen LogP contribution is -1.90. The highest BCUT2D eigenvalue weighted by Crippen LogP contribution is 2.23. The maximum atomic E-state index is 12.9. The smallest absolute Gasteiger partial charge is 0.166 e. The van der Waals surface area contributed by atoms with Crippen LogP contribution in [0.15, 0.2) is 18.2 Å². The van der Waals surface area contributed by atoms with Crippen molar-refractivity contribution in [2.45, 2.75) is 6.42 Å². The largest absolute Gasteiger partial charge is 0.204 e. The summed E-state index contributed by atoms with van der Waals surface area (Å²) in [5, 5.41) is 0. The van der Waals surface area contributed by atoms with Crippen molar-refractivity contribution in [1.29, 1.82) is 0 Å². The molecule has 0 N–H and O–H groups in total. The van der Waals surface area contributed by atoms with Gasteiger partial charge in [-0.05, 0) is 18.1 Å². The zero-order chi connectivity index (χ0) is 7.84. The highest BCUT2D eigenvalue weighted by molar-refractivity contribution is 5.60. The Labute approximate surface area is 63.2 Å². The highest BCUT2D eigenvalue weighted by Gasteiger charge is 2.13. The Hall–Kier alpha value is -1.18. The van der Waals surface area contributed by atoms with E-state index in [9.17, 15) is 8.78 Å². The van der Waals surface area contributed by atoms with Gasteiger partial charge >= 0.3 is 0 Å². The number of halogens is 2. The van der Waals surface area contributed by atoms with E-state index in [1.807, 2.05) is 6.08 Å². The molecule has 0 aromatic heterocycles. The van der Waals surface area contributed by atoms with Crippen molar-refractivity contribution in [2.75, 3.05) is 0 Å². The quantitative estimate of drug-likeness (QED) is 0.535. The van der Waals surface area contributed by atoms with Crippen molar-refractivity contribution < 1.29 is 8.78 Å². The highest BCUT2D eigenvalue weighted by atomic mass is 19.2. The van der Waals surface area contributed by atoms with Crippen molar-refractivity contribution in [3.8, 4) is 0 Å². The average molecular weight is 152 g/mol. The van der Waals surface area contributed by atoms with Crippen LogP contribution in [-0.2, 0) is 6.42 Å². The molecule has 1 aromatic carbocycles. The number of allylic oxidation sites excluding steroid dienone is 1. The summed E-state index contributed by atoms with van der Waals surface area (Å²) >= 11 is 0. The first-order valence-electron chi connectivity index (χ1n) is 3.42. The molecule has 0 radical (unpaired) electrons. The van der Waals surface area contributed by atoms with Crippen LogP contribution in [0.3, 0.4) is 0 Å². The first kappa shape index (κ1) is 6.53. The molecule has 0 nitrogen and oxygen atoms in total. The zero-order valence-electron chi connectivity index (χ0n) is 5.77. The van der Waals surface area contributed by atoms with Gasteiger partial charge in [-0.3, -0.25) is 0 Å². The summed E-state index contributed by atoms with van der Waals surface area (Å²) in [4.78, 5) is 0. The molecule has 11 heavy (non-hydrogen) atoms. The minimum atomic E-state index is -0.768. The van der Waals surface area contributed by atoms with E-state index in [1.165, 1.54) is 6.07 Å². The first-order valence-corrected chi connectivity index (χ1v) is 3.42. The fourth-order valence-corrected chi connectivity index (χ4v) is 1.27. The van der Waals surface area contributed by atoms with Crippen molar-refractivity contribution in [3.05, 3.63) is 41.0 Å². The molecule has 2 rings (SSSR count). The molecule has 0 bridgehead atoms. The van der Waals surface area contributed by atoms with Crippen molar-refractivity contribution in [2.24, 2.45) is 0 Å². The predicted molar refractivity (Wildman–Crippen MR) is 39.1 cm³/mol. The van der Waals surface area contributed by atoms with Crippen LogP contribution >= 0.6 is 0 Å². The lowest BCUT2D eigenvalue weighted by molar-refractivity contribution is 0.506. The summed E-state index contributed by atoms with van der Waals surface area (Å²) in [5.41, 5.74) is 1.27. The van der Waals surface area contributed by atoms with Crippen LogP contribution in [0.4, 0.5) is 8.78 Å². The summed E-state index contributed by atoms with van der Waals surface area (Å²) in [7, 11) is 0. The van der Waals surface area contributed by atoms with Gasteiger partial charge in [0.2, 0.25) is 0 Å². The molecule has 0 saturated carbocycles. The van der Waals surface area contributed by atoms with Crippen molar-refractivity contribution in [3.63, 3.8) is 0 Å². The Balaban J connectivity index is 2.70. The standard InChI is InChI=1S/C9H6F2/c10-8-5-4-6-2-1-3-7(6)9(8)11/h1,3-5H,2H2. The fraction of sp³-hybridized carbons (Fsp3) is 0.111. The molecule has 0 unspecified atom stereocenters. The molecule has 1 aliphatic carbocycles. The predicted octanol–water partition coefficient (Wildman–Crippen LogP) is 2.53. The van der Waals surface area contributed by atoms with E-state index >= 15 is 0 Å². The normalized spacial score (nSPS) is 13.6. The maximum Gasteiger partial charge on any atom is 0.166 e. The van der Waals surface area contributed by atoms with E-state index in [1.54, 1.807) is 12.1 Å². The second-order valence-electron chi connectivity index (χ2n) is 2.54. The van der Waals surface area contributed by atoms with Crippen molar-refractivity contribution >= 4 is 6.08 Å². The topological polar surface area (TPSA) is 0 Å². The molecule has 56 valence electrons. The van der Waals surface area contributed by atoms with E-state index in [0.29, 0.717) is 12.0 Å². The maximum absolute atomic E-state index is 12.9. The molecule has 0 atom stereocenters. The SMILES string of the molecule is Fc1ccc2c(c1F)C=CC2. The lowest BCUT2D eigenvalue weighted by atomic mass is 10.1. The second kappa shape index (κ2) is 2.16. The van der Waals surface area contributed by atoms with E-state index in [4.69, 9.17) is 0 Å². The van der Waals surface area contributed by atoms with Gasteiger partial charge in [0.15, 0.2) is 11.6 Å². The Kier molecular flexibility index (Phi) is 1.28. The fourth-order valence-electron chi connectivity index (χ4n) is 1.27. The Morgan fingerprint density at radius 1 is 1.18 bits per heavy atom. The zero-order valence-corrected chi connectivity index (χ0v) is 5.77. The van der Waals surface area contributed by atoms with Gasteiger partial charge in [0.05, 0.1) is 0 Å². The molecular formula is C9H6F2. The molecule has 0 heterocycles. The van der Waals surface area contributed by atoms with Crippen LogP contribution in [0.1, 0.15) is 11.1 Å². The molecule has 0 aliphatic heterocycles. The Bertz CT molecular complexity index is 327. The van der Waals surface area contributed by atoms with Gasteiger partial charge in [0.1, 0.15) is 0 Å². The van der Waals surface area contributed by atoms with Crippen LogP contribution in [0.5, 0.6) is 0 Å². The van der Waals surface area contributed by atoms with Gasteiger partial charge < -0.3 is 0 Å². The summed E-state index contributed by atoms with van der Waals surface area (Å²) in [6.07, 6.45) is 4.16. The van der Waals surface area contributed by atoms with Crippen LogP contribution in [0.25, 0.3) is 6.08 Å². The van der Waals surface area contributed by atoms with E-state index < -0.39 is 11.6 Å². The lowest BCUT2D eigenvalue weighted by Gasteiger charge is -1.99. The molecule has 0 spiro atoms. The van der Waals surface area contributed by atoms with Gasteiger partial charge in [-0.15, -0.1) is 0 Å². The van der Waals surface area contributed by atoms with Crippen LogP contribution in [0, 0.1) is 11.6 Å². The Morgan fingerprint density at radius 3 is 2.82 bits per heavy atom. The average Bonchev–Trinajstić information content (AvgIpc) is 2.45. The van der Waals surface area contributed by atoms with Gasteiger partial charge in [-0.25, -0.2) is 8.78 Å². The summed E-state index contributed by atoms with van der Waals surface area (Å²) in [5.74, 6) is -1.49. The first-order chi connectivity index (χ1) is 5.29. The molecular weight excluding hydrogens is 146 g/mol. The summed E-state index contributed by atoms with van der Waals surface area (Å²) in [6, 6.07) is 2.79. The van der Waals surface area contributed by atoms with E-state index in [0.717, 1.165) is 5.56 Å². The molecule has 0 fully saturated rings. The minimum Gasteiger partial charge on any atom is -0.204 e. The van der Waals surface area contributed by atoms with Crippen molar-refractivity contribution in [1.82, 2.24) is 0 Å². The molecule has 1 aromatic rings. The third-order valence-electron chi connectivity index (χ3n) is 1.85. The molecule has 0 amide bonds. The van der Waals surface area contributed by atoms with Gasteiger partial charge in [0, 0.05) is 5.56 Å². The molecule has 1 aliphatic rings. The minimum absolute atomic E-state index is 0.407. The third kappa shape index (κ3) is 0.862. The summed E-state index contributed by atoms with van der Waals surface area (Å²) in [6.45, 7) is 0. The number of fused-ring (bicyclic) bond motifs is 1. The van der Waals surface area contributed by atoms with E-state index in [2.05, 4.69) is 0 Å². The number of hydrogen-bond donors (Lipinski definition) is 0. The van der Waals surface area contributed by atoms with Crippen LogP contribution < -0.4 is 0 Å². The van der Waals surface area contributed by atoms with Crippen LogP contribution in [-0.4, -0.2) is 0 Å². The Morgan fingerprint density at radius 2 is 2.00 bits per heavy atom. The van der Waals surface area contributed by atoms with Crippen LogP contribution in [0.2, 0.25) is 0 Å². The summed E-state index contributed by atoms with van der Waals surface area (Å²) < 4.78 is 25.4. The number of rotatable bonds is 0. The second-order valence-corrected chi connectivity index (χ2v) is 2.54.